The molecular formula is C13H16IN3. The molecule has 0 aliphatic heterocycles. The van der Waals surface area contributed by atoms with Crippen LogP contribution in [0.2, 0.25) is 0 Å². The molecule has 0 aliphatic rings. The first-order chi connectivity index (χ1) is 8.11. The monoisotopic (exact) mass is 341 g/mol. The number of pyridine rings is 1. The average molecular weight is 341 g/mol. The zero-order valence-electron chi connectivity index (χ0n) is 10.00. The summed E-state index contributed by atoms with van der Waals surface area (Å²) in [7, 11) is 0. The van der Waals surface area contributed by atoms with E-state index in [2.05, 4.69) is 47.9 Å². The van der Waals surface area contributed by atoms with Crippen molar-refractivity contribution in [2.24, 2.45) is 11.8 Å². The Bertz CT molecular complexity index is 537. The molecule has 0 spiro atoms. The summed E-state index contributed by atoms with van der Waals surface area (Å²) in [6.07, 6.45) is 0.968. The van der Waals surface area contributed by atoms with E-state index < -0.39 is 0 Å². The van der Waals surface area contributed by atoms with E-state index in [-0.39, 0.29) is 0 Å². The number of halogens is 1. The first kappa shape index (κ1) is 12.6. The average Bonchev–Trinajstić information content (AvgIpc) is 2.28. The van der Waals surface area contributed by atoms with Crippen molar-refractivity contribution in [3.8, 4) is 0 Å². The van der Waals surface area contributed by atoms with E-state index in [1.54, 1.807) is 0 Å². The number of aromatic nitrogens is 1. The normalized spacial score (nSPS) is 11.1. The van der Waals surface area contributed by atoms with Gasteiger partial charge < -0.3 is 5.43 Å². The number of para-hydroxylation sites is 1. The Hall–Kier alpha value is -0.880. The van der Waals surface area contributed by atoms with Crippen LogP contribution in [0.15, 0.2) is 24.3 Å². The molecule has 4 heteroatoms. The van der Waals surface area contributed by atoms with Gasteiger partial charge in [0.15, 0.2) is 0 Å². The number of anilines is 1. The fourth-order valence-electron chi connectivity index (χ4n) is 1.91. The van der Waals surface area contributed by atoms with Gasteiger partial charge in [0, 0.05) is 14.7 Å². The number of nitrogens with one attached hydrogen (secondary N) is 1. The van der Waals surface area contributed by atoms with Crippen LogP contribution in [0.5, 0.6) is 0 Å². The minimum Gasteiger partial charge on any atom is -0.323 e. The largest absolute Gasteiger partial charge is 0.323 e. The number of rotatable bonds is 3. The number of hydrogen-bond donors (Lipinski definition) is 2. The van der Waals surface area contributed by atoms with E-state index in [1.807, 2.05) is 18.2 Å². The van der Waals surface area contributed by atoms with E-state index in [9.17, 15) is 0 Å². The lowest BCUT2D eigenvalue weighted by atomic mass is 10.1. The Kier molecular flexibility index (Phi) is 3.83. The molecule has 2 aromatic rings. The molecule has 1 aromatic heterocycles. The van der Waals surface area contributed by atoms with Gasteiger partial charge >= 0.3 is 0 Å². The first-order valence-electron chi connectivity index (χ1n) is 5.66. The van der Waals surface area contributed by atoms with Gasteiger partial charge in [-0.25, -0.2) is 0 Å². The van der Waals surface area contributed by atoms with Crippen molar-refractivity contribution in [1.29, 1.82) is 0 Å². The maximum Gasteiger partial charge on any atom is 0.0859 e. The van der Waals surface area contributed by atoms with Gasteiger partial charge in [-0.05, 0) is 47.1 Å². The fraction of sp³-hybridized carbons (Fsp3) is 0.308. The highest BCUT2D eigenvalue weighted by Gasteiger charge is 2.08. The zero-order chi connectivity index (χ0) is 12.4. The predicted octanol–water partition coefficient (Wildman–Crippen LogP) is 3.32. The number of nitrogen functional groups attached to an aromatic ring is 1. The Balaban J connectivity index is 2.63. The number of fused-ring (bicyclic) bond motifs is 1. The number of hydrogen-bond acceptors (Lipinski definition) is 3. The topological polar surface area (TPSA) is 50.9 Å². The van der Waals surface area contributed by atoms with Gasteiger partial charge in [-0.1, -0.05) is 26.0 Å². The Morgan fingerprint density at radius 2 is 2.18 bits per heavy atom. The van der Waals surface area contributed by atoms with Crippen molar-refractivity contribution in [3.63, 3.8) is 0 Å². The quantitative estimate of drug-likeness (QED) is 0.512. The van der Waals surface area contributed by atoms with Gasteiger partial charge in [0.2, 0.25) is 0 Å². The Morgan fingerprint density at radius 1 is 1.41 bits per heavy atom. The number of nitrogens with two attached hydrogens (primary N) is 1. The summed E-state index contributed by atoms with van der Waals surface area (Å²) in [5, 5.41) is 1.08. The second-order valence-corrected chi connectivity index (χ2v) is 5.70. The van der Waals surface area contributed by atoms with Crippen LogP contribution in [0.25, 0.3) is 10.9 Å². The van der Waals surface area contributed by atoms with Crippen LogP contribution in [0.4, 0.5) is 5.69 Å². The molecule has 0 aliphatic carbocycles. The van der Waals surface area contributed by atoms with Crippen LogP contribution in [0.3, 0.4) is 0 Å². The Morgan fingerprint density at radius 3 is 2.82 bits per heavy atom. The third kappa shape index (κ3) is 2.69. The van der Waals surface area contributed by atoms with Crippen molar-refractivity contribution in [1.82, 2.24) is 4.98 Å². The van der Waals surface area contributed by atoms with Crippen LogP contribution in [-0.4, -0.2) is 4.98 Å². The summed E-state index contributed by atoms with van der Waals surface area (Å²) in [4.78, 5) is 4.72. The van der Waals surface area contributed by atoms with Crippen molar-refractivity contribution in [2.45, 2.75) is 20.3 Å². The van der Waals surface area contributed by atoms with Crippen molar-refractivity contribution in [2.75, 3.05) is 5.43 Å². The predicted molar refractivity (Wildman–Crippen MR) is 80.8 cm³/mol. The number of benzene rings is 1. The SMILES string of the molecule is CC(C)Cc1cc(NN)c2cccc(I)c2n1. The molecule has 0 amide bonds. The summed E-state index contributed by atoms with van der Waals surface area (Å²) in [6, 6.07) is 8.17. The molecule has 0 unspecified atom stereocenters. The third-order valence-corrected chi connectivity index (χ3v) is 3.49. The maximum absolute atomic E-state index is 5.59. The molecule has 3 N–H and O–H groups in total. The van der Waals surface area contributed by atoms with Crippen molar-refractivity contribution >= 4 is 39.2 Å². The molecule has 90 valence electrons. The van der Waals surface area contributed by atoms with Crippen LogP contribution < -0.4 is 11.3 Å². The van der Waals surface area contributed by atoms with Crippen molar-refractivity contribution in [3.05, 3.63) is 33.5 Å². The molecule has 0 bridgehead atoms. The van der Waals surface area contributed by atoms with Crippen LogP contribution in [0.1, 0.15) is 19.5 Å². The lowest BCUT2D eigenvalue weighted by Crippen LogP contribution is -2.09. The molecule has 0 radical (unpaired) electrons. The minimum atomic E-state index is 0.590. The summed E-state index contributed by atoms with van der Waals surface area (Å²) in [5.74, 6) is 6.18. The van der Waals surface area contributed by atoms with Crippen LogP contribution in [-0.2, 0) is 6.42 Å². The molecule has 0 saturated heterocycles. The van der Waals surface area contributed by atoms with Gasteiger partial charge in [-0.2, -0.15) is 0 Å². The van der Waals surface area contributed by atoms with E-state index in [4.69, 9.17) is 10.8 Å². The van der Waals surface area contributed by atoms with Gasteiger partial charge in [0.05, 0.1) is 11.2 Å². The van der Waals surface area contributed by atoms with Gasteiger partial charge in [-0.3, -0.25) is 10.8 Å². The molecule has 1 aromatic carbocycles. The highest BCUT2D eigenvalue weighted by Crippen LogP contribution is 2.26. The molecule has 0 atom stereocenters. The van der Waals surface area contributed by atoms with Crippen molar-refractivity contribution < 1.29 is 0 Å². The van der Waals surface area contributed by atoms with Crippen LogP contribution >= 0.6 is 22.6 Å². The second-order valence-electron chi connectivity index (χ2n) is 4.54. The molecule has 0 saturated carbocycles. The number of hydrazine groups is 1. The van der Waals surface area contributed by atoms with Gasteiger partial charge in [-0.15, -0.1) is 0 Å². The lowest BCUT2D eigenvalue weighted by Gasteiger charge is -2.11. The summed E-state index contributed by atoms with van der Waals surface area (Å²) in [5.41, 5.74) is 5.83. The standard InChI is InChI=1S/C13H16IN3/c1-8(2)6-9-7-12(17-15)10-4-3-5-11(14)13(10)16-9/h3-5,7-8H,6,15H2,1-2H3,(H,16,17). The van der Waals surface area contributed by atoms with Gasteiger partial charge in [0.25, 0.3) is 0 Å². The molecule has 2 rings (SSSR count). The summed E-state index contributed by atoms with van der Waals surface area (Å²) < 4.78 is 1.15. The van der Waals surface area contributed by atoms with E-state index >= 15 is 0 Å². The molecule has 17 heavy (non-hydrogen) atoms. The van der Waals surface area contributed by atoms with E-state index in [0.29, 0.717) is 5.92 Å². The van der Waals surface area contributed by atoms with E-state index in [0.717, 1.165) is 32.3 Å². The zero-order valence-corrected chi connectivity index (χ0v) is 12.2. The summed E-state index contributed by atoms with van der Waals surface area (Å²) in [6.45, 7) is 4.38. The molecule has 0 fully saturated rings. The lowest BCUT2D eigenvalue weighted by molar-refractivity contribution is 0.637. The highest BCUT2D eigenvalue weighted by atomic mass is 127. The van der Waals surface area contributed by atoms with Gasteiger partial charge in [0.1, 0.15) is 0 Å². The number of nitrogens with zero attached hydrogens (tertiary/aromatic N) is 1. The third-order valence-electron chi connectivity index (χ3n) is 2.62. The highest BCUT2D eigenvalue weighted by molar-refractivity contribution is 14.1. The first-order valence-corrected chi connectivity index (χ1v) is 6.74. The molecule has 3 nitrogen and oxygen atoms in total. The molecular weight excluding hydrogens is 325 g/mol. The summed E-state index contributed by atoms with van der Waals surface area (Å²) >= 11 is 2.31. The Labute approximate surface area is 115 Å². The maximum atomic E-state index is 5.59. The second kappa shape index (κ2) is 5.18. The fourth-order valence-corrected chi connectivity index (χ4v) is 2.53. The minimum absolute atomic E-state index is 0.590. The molecule has 1 heterocycles. The van der Waals surface area contributed by atoms with E-state index in [1.165, 1.54) is 0 Å². The van der Waals surface area contributed by atoms with Crippen LogP contribution in [0, 0.1) is 9.49 Å². The smallest absolute Gasteiger partial charge is 0.0859 e.